The standard InChI is InChI=1S/C18H19BrN4O2S/c1-24-10-9-23-17(13-5-7-20-8-6-13)21-22-18(23)26-12-14-11-15(19)3-4-16(14)25-2/h3-8,11H,9-10,12H2,1-2H3. The van der Waals surface area contributed by atoms with Crippen molar-refractivity contribution in [2.24, 2.45) is 0 Å². The van der Waals surface area contributed by atoms with E-state index in [0.29, 0.717) is 13.2 Å². The lowest BCUT2D eigenvalue weighted by Crippen LogP contribution is -2.07. The van der Waals surface area contributed by atoms with Gasteiger partial charge in [0.1, 0.15) is 5.75 Å². The van der Waals surface area contributed by atoms with Crippen LogP contribution in [-0.2, 0) is 17.0 Å². The van der Waals surface area contributed by atoms with Gasteiger partial charge in [-0.2, -0.15) is 0 Å². The van der Waals surface area contributed by atoms with Gasteiger partial charge in [0.15, 0.2) is 11.0 Å². The zero-order valence-corrected chi connectivity index (χ0v) is 17.0. The number of halogens is 1. The Bertz CT molecular complexity index is 858. The van der Waals surface area contributed by atoms with E-state index in [9.17, 15) is 0 Å². The second-order valence-corrected chi connectivity index (χ2v) is 7.29. The molecule has 0 saturated carbocycles. The molecule has 136 valence electrons. The number of nitrogens with zero attached hydrogens (tertiary/aromatic N) is 4. The Morgan fingerprint density at radius 1 is 1.12 bits per heavy atom. The molecular formula is C18H19BrN4O2S. The van der Waals surface area contributed by atoms with Crippen LogP contribution in [0.4, 0.5) is 0 Å². The molecule has 0 unspecified atom stereocenters. The van der Waals surface area contributed by atoms with Crippen LogP contribution in [0.1, 0.15) is 5.56 Å². The van der Waals surface area contributed by atoms with Crippen molar-refractivity contribution < 1.29 is 9.47 Å². The van der Waals surface area contributed by atoms with E-state index in [1.54, 1.807) is 38.4 Å². The maximum absolute atomic E-state index is 5.45. The Kier molecular flexibility index (Phi) is 6.65. The number of thioether (sulfide) groups is 1. The molecule has 0 amide bonds. The van der Waals surface area contributed by atoms with Crippen LogP contribution in [0.5, 0.6) is 5.75 Å². The van der Waals surface area contributed by atoms with Crippen molar-refractivity contribution in [1.82, 2.24) is 19.7 Å². The first-order valence-corrected chi connectivity index (χ1v) is 9.78. The molecule has 0 aliphatic carbocycles. The number of hydrogen-bond donors (Lipinski definition) is 0. The van der Waals surface area contributed by atoms with E-state index < -0.39 is 0 Å². The van der Waals surface area contributed by atoms with Crippen LogP contribution in [0.3, 0.4) is 0 Å². The number of rotatable bonds is 8. The predicted octanol–water partition coefficient (Wildman–Crippen LogP) is 4.05. The van der Waals surface area contributed by atoms with Gasteiger partial charge in [-0.1, -0.05) is 27.7 Å². The fourth-order valence-corrected chi connectivity index (χ4v) is 3.85. The van der Waals surface area contributed by atoms with E-state index in [1.165, 1.54) is 0 Å². The van der Waals surface area contributed by atoms with Crippen molar-refractivity contribution in [1.29, 1.82) is 0 Å². The van der Waals surface area contributed by atoms with Crippen LogP contribution in [0, 0.1) is 0 Å². The zero-order chi connectivity index (χ0) is 18.4. The molecule has 3 aromatic rings. The molecule has 0 fully saturated rings. The van der Waals surface area contributed by atoms with Crippen molar-refractivity contribution in [2.75, 3.05) is 20.8 Å². The third-order valence-electron chi connectivity index (χ3n) is 3.77. The van der Waals surface area contributed by atoms with E-state index in [1.807, 2.05) is 24.3 Å². The predicted molar refractivity (Wildman–Crippen MR) is 105 cm³/mol. The van der Waals surface area contributed by atoms with Gasteiger partial charge in [-0.05, 0) is 30.3 Å². The summed E-state index contributed by atoms with van der Waals surface area (Å²) in [7, 11) is 3.37. The molecular weight excluding hydrogens is 416 g/mol. The van der Waals surface area contributed by atoms with Gasteiger partial charge in [0.25, 0.3) is 0 Å². The molecule has 6 nitrogen and oxygen atoms in total. The molecule has 0 radical (unpaired) electrons. The quantitative estimate of drug-likeness (QED) is 0.498. The van der Waals surface area contributed by atoms with Crippen LogP contribution in [0.15, 0.2) is 52.4 Å². The summed E-state index contributed by atoms with van der Waals surface area (Å²) in [6.07, 6.45) is 3.51. The maximum Gasteiger partial charge on any atom is 0.191 e. The molecule has 1 aromatic carbocycles. The number of hydrogen-bond acceptors (Lipinski definition) is 6. The summed E-state index contributed by atoms with van der Waals surface area (Å²) in [6, 6.07) is 9.84. The van der Waals surface area contributed by atoms with E-state index in [2.05, 4.69) is 41.7 Å². The van der Waals surface area contributed by atoms with Crippen LogP contribution in [-0.4, -0.2) is 40.6 Å². The van der Waals surface area contributed by atoms with Crippen molar-refractivity contribution in [3.05, 3.63) is 52.8 Å². The fraction of sp³-hybridized carbons (Fsp3) is 0.278. The minimum Gasteiger partial charge on any atom is -0.496 e. The van der Waals surface area contributed by atoms with Gasteiger partial charge in [-0.3, -0.25) is 9.55 Å². The van der Waals surface area contributed by atoms with Gasteiger partial charge in [0, 0.05) is 40.9 Å². The molecule has 0 spiro atoms. The summed E-state index contributed by atoms with van der Waals surface area (Å²) < 4.78 is 13.8. The molecule has 0 atom stereocenters. The third-order valence-corrected chi connectivity index (χ3v) is 5.28. The molecule has 0 aliphatic heterocycles. The van der Waals surface area contributed by atoms with E-state index in [-0.39, 0.29) is 0 Å². The highest BCUT2D eigenvalue weighted by molar-refractivity contribution is 9.10. The number of pyridine rings is 1. The second kappa shape index (κ2) is 9.16. The molecule has 0 bridgehead atoms. The van der Waals surface area contributed by atoms with Gasteiger partial charge in [0.2, 0.25) is 0 Å². The van der Waals surface area contributed by atoms with Gasteiger partial charge < -0.3 is 9.47 Å². The lowest BCUT2D eigenvalue weighted by atomic mass is 10.2. The summed E-state index contributed by atoms with van der Waals surface area (Å²) in [5.41, 5.74) is 2.08. The normalized spacial score (nSPS) is 10.9. The second-order valence-electron chi connectivity index (χ2n) is 5.43. The van der Waals surface area contributed by atoms with E-state index in [4.69, 9.17) is 9.47 Å². The summed E-state index contributed by atoms with van der Waals surface area (Å²) in [6.45, 7) is 1.27. The van der Waals surface area contributed by atoms with Gasteiger partial charge in [0.05, 0.1) is 20.3 Å². The highest BCUT2D eigenvalue weighted by Gasteiger charge is 2.15. The first kappa shape index (κ1) is 18.9. The highest BCUT2D eigenvalue weighted by Crippen LogP contribution is 2.31. The van der Waals surface area contributed by atoms with Crippen molar-refractivity contribution in [3.8, 4) is 17.1 Å². The van der Waals surface area contributed by atoms with Crippen molar-refractivity contribution in [3.63, 3.8) is 0 Å². The molecule has 26 heavy (non-hydrogen) atoms. The monoisotopic (exact) mass is 434 g/mol. The number of methoxy groups -OCH3 is 2. The molecule has 8 heteroatoms. The smallest absolute Gasteiger partial charge is 0.191 e. The third kappa shape index (κ3) is 4.44. The van der Waals surface area contributed by atoms with Crippen molar-refractivity contribution >= 4 is 27.7 Å². The average molecular weight is 435 g/mol. The van der Waals surface area contributed by atoms with Gasteiger partial charge >= 0.3 is 0 Å². The molecule has 0 aliphatic rings. The van der Waals surface area contributed by atoms with Crippen LogP contribution in [0.2, 0.25) is 0 Å². The molecule has 0 N–H and O–H groups in total. The van der Waals surface area contributed by atoms with Crippen molar-refractivity contribution in [2.45, 2.75) is 17.5 Å². The highest BCUT2D eigenvalue weighted by atomic mass is 79.9. The van der Waals surface area contributed by atoms with Gasteiger partial charge in [-0.15, -0.1) is 10.2 Å². The minimum atomic E-state index is 0.587. The lowest BCUT2D eigenvalue weighted by molar-refractivity contribution is 0.185. The molecule has 2 heterocycles. The summed E-state index contributed by atoms with van der Waals surface area (Å²) >= 11 is 5.14. The Balaban J connectivity index is 1.86. The Hall–Kier alpha value is -1.90. The minimum absolute atomic E-state index is 0.587. The molecule has 0 saturated heterocycles. The maximum atomic E-state index is 5.45. The molecule has 3 rings (SSSR count). The van der Waals surface area contributed by atoms with E-state index >= 15 is 0 Å². The summed E-state index contributed by atoms with van der Waals surface area (Å²) in [5, 5.41) is 9.61. The fourth-order valence-electron chi connectivity index (χ4n) is 2.50. The van der Waals surface area contributed by atoms with E-state index in [0.717, 1.165) is 38.1 Å². The number of benzene rings is 1. The van der Waals surface area contributed by atoms with Crippen LogP contribution < -0.4 is 4.74 Å². The van der Waals surface area contributed by atoms with Crippen LogP contribution in [0.25, 0.3) is 11.4 Å². The number of ether oxygens (including phenoxy) is 2. The first-order valence-electron chi connectivity index (χ1n) is 8.00. The SMILES string of the molecule is COCCn1c(SCc2cc(Br)ccc2OC)nnc1-c1ccncc1. The Morgan fingerprint density at radius 3 is 2.65 bits per heavy atom. The number of aromatic nitrogens is 4. The largest absolute Gasteiger partial charge is 0.496 e. The first-order chi connectivity index (χ1) is 12.7. The summed E-state index contributed by atoms with van der Waals surface area (Å²) in [5.74, 6) is 2.40. The molecule has 2 aromatic heterocycles. The average Bonchev–Trinajstić information content (AvgIpc) is 3.08. The van der Waals surface area contributed by atoms with Gasteiger partial charge in [-0.25, -0.2) is 0 Å². The lowest BCUT2D eigenvalue weighted by Gasteiger charge is -2.11. The zero-order valence-electron chi connectivity index (χ0n) is 14.6. The summed E-state index contributed by atoms with van der Waals surface area (Å²) in [4.78, 5) is 4.07. The topological polar surface area (TPSA) is 62.1 Å². The van der Waals surface area contributed by atoms with Crippen LogP contribution >= 0.6 is 27.7 Å². The Labute approximate surface area is 165 Å². The Morgan fingerprint density at radius 2 is 1.92 bits per heavy atom.